The summed E-state index contributed by atoms with van der Waals surface area (Å²) in [6, 6.07) is 20.5. The lowest BCUT2D eigenvalue weighted by molar-refractivity contribution is -0.112. The predicted octanol–water partition coefficient (Wildman–Crippen LogP) is 7.50. The van der Waals surface area contributed by atoms with Crippen molar-refractivity contribution in [3.63, 3.8) is 0 Å². The van der Waals surface area contributed by atoms with Crippen molar-refractivity contribution in [1.82, 2.24) is 0 Å². The first-order chi connectivity index (χ1) is 15.9. The maximum Gasteiger partial charge on any atom is 0.266 e. The van der Waals surface area contributed by atoms with Crippen LogP contribution in [0.4, 0.5) is 5.69 Å². The molecule has 0 unspecified atom stereocenters. The average Bonchev–Trinajstić information content (AvgIpc) is 2.78. The van der Waals surface area contributed by atoms with Gasteiger partial charge in [-0.1, -0.05) is 50.1 Å². The molecule has 3 aromatic carbocycles. The second kappa shape index (κ2) is 12.0. The summed E-state index contributed by atoms with van der Waals surface area (Å²) in [7, 11) is 0. The molecule has 0 atom stereocenters. The zero-order valence-corrected chi connectivity index (χ0v) is 22.3. The highest BCUT2D eigenvalue weighted by Crippen LogP contribution is 2.38. The first-order valence-corrected chi connectivity index (χ1v) is 12.3. The third-order valence-corrected chi connectivity index (χ3v) is 6.00. The summed E-state index contributed by atoms with van der Waals surface area (Å²) in [5, 5.41) is 12.3. The Morgan fingerprint density at radius 2 is 1.79 bits per heavy atom. The average molecular weight is 635 g/mol. The van der Waals surface area contributed by atoms with E-state index in [0.717, 1.165) is 14.5 Å². The standard InChI is InChI=1S/C25H19Br3N2O3/c1-2-32-23-12-17(10-18(14-29)25(31)30-21-5-3-4-20(27)13-21)11-22(28)24(23)33-15-16-6-8-19(26)9-7-16/h3-13H,2,15H2,1H3,(H,30,31)/b18-10-. The van der Waals surface area contributed by atoms with Crippen molar-refractivity contribution in [3.05, 3.63) is 90.8 Å². The highest BCUT2D eigenvalue weighted by molar-refractivity contribution is 9.11. The van der Waals surface area contributed by atoms with Gasteiger partial charge in [-0.15, -0.1) is 0 Å². The normalized spacial score (nSPS) is 10.9. The Kier molecular flexibility index (Phi) is 9.12. The highest BCUT2D eigenvalue weighted by Gasteiger charge is 2.15. The molecule has 168 valence electrons. The third-order valence-electron chi connectivity index (χ3n) is 4.39. The van der Waals surface area contributed by atoms with E-state index in [1.165, 1.54) is 6.08 Å². The largest absolute Gasteiger partial charge is 0.490 e. The zero-order chi connectivity index (χ0) is 23.8. The van der Waals surface area contributed by atoms with Gasteiger partial charge in [-0.2, -0.15) is 5.26 Å². The van der Waals surface area contributed by atoms with Crippen molar-refractivity contribution in [3.8, 4) is 17.6 Å². The Morgan fingerprint density at radius 3 is 2.45 bits per heavy atom. The van der Waals surface area contributed by atoms with Gasteiger partial charge < -0.3 is 14.8 Å². The molecule has 0 aliphatic heterocycles. The second-order valence-corrected chi connectivity index (χ2v) is 9.50. The minimum atomic E-state index is -0.500. The van der Waals surface area contributed by atoms with Crippen LogP contribution in [0.1, 0.15) is 18.1 Å². The molecule has 33 heavy (non-hydrogen) atoms. The fourth-order valence-electron chi connectivity index (χ4n) is 2.89. The van der Waals surface area contributed by atoms with Crippen molar-refractivity contribution >= 4 is 65.5 Å². The van der Waals surface area contributed by atoms with Crippen LogP contribution in [-0.4, -0.2) is 12.5 Å². The quantitative estimate of drug-likeness (QED) is 0.206. The predicted molar refractivity (Wildman–Crippen MR) is 140 cm³/mol. The van der Waals surface area contributed by atoms with E-state index in [2.05, 4.69) is 53.1 Å². The van der Waals surface area contributed by atoms with Gasteiger partial charge >= 0.3 is 0 Å². The van der Waals surface area contributed by atoms with E-state index < -0.39 is 5.91 Å². The molecular formula is C25H19Br3N2O3. The molecule has 0 heterocycles. The van der Waals surface area contributed by atoms with Crippen molar-refractivity contribution in [2.24, 2.45) is 0 Å². The van der Waals surface area contributed by atoms with Crippen LogP contribution in [0.5, 0.6) is 11.5 Å². The van der Waals surface area contributed by atoms with Crippen LogP contribution in [0.15, 0.2) is 79.7 Å². The molecule has 0 aliphatic carbocycles. The number of anilines is 1. The van der Waals surface area contributed by atoms with E-state index in [4.69, 9.17) is 9.47 Å². The van der Waals surface area contributed by atoms with Gasteiger partial charge in [0.05, 0.1) is 11.1 Å². The molecular weight excluding hydrogens is 616 g/mol. The number of ether oxygens (including phenoxy) is 2. The smallest absolute Gasteiger partial charge is 0.266 e. The number of amides is 1. The Morgan fingerprint density at radius 1 is 1.03 bits per heavy atom. The van der Waals surface area contributed by atoms with E-state index in [1.807, 2.05) is 43.3 Å². The molecule has 0 spiro atoms. The summed E-state index contributed by atoms with van der Waals surface area (Å²) in [5.74, 6) is 0.564. The number of hydrogen-bond acceptors (Lipinski definition) is 4. The van der Waals surface area contributed by atoms with Crippen LogP contribution in [0.3, 0.4) is 0 Å². The van der Waals surface area contributed by atoms with Crippen LogP contribution in [-0.2, 0) is 11.4 Å². The maximum absolute atomic E-state index is 12.6. The molecule has 0 radical (unpaired) electrons. The Bertz CT molecular complexity index is 1220. The molecule has 8 heteroatoms. The van der Waals surface area contributed by atoms with Crippen LogP contribution in [0, 0.1) is 11.3 Å². The van der Waals surface area contributed by atoms with Crippen LogP contribution < -0.4 is 14.8 Å². The molecule has 1 amide bonds. The van der Waals surface area contributed by atoms with Crippen LogP contribution >= 0.6 is 47.8 Å². The number of nitrogens with one attached hydrogen (secondary N) is 1. The van der Waals surface area contributed by atoms with Crippen molar-refractivity contribution in [1.29, 1.82) is 5.26 Å². The van der Waals surface area contributed by atoms with Gasteiger partial charge in [0.25, 0.3) is 5.91 Å². The number of rotatable bonds is 8. The molecule has 3 rings (SSSR count). The molecule has 5 nitrogen and oxygen atoms in total. The Balaban J connectivity index is 1.84. The number of nitrogens with zero attached hydrogens (tertiary/aromatic N) is 1. The highest BCUT2D eigenvalue weighted by atomic mass is 79.9. The van der Waals surface area contributed by atoms with Gasteiger partial charge in [0.1, 0.15) is 18.2 Å². The van der Waals surface area contributed by atoms with Gasteiger partial charge in [-0.3, -0.25) is 4.79 Å². The molecule has 0 saturated heterocycles. The lowest BCUT2D eigenvalue weighted by Gasteiger charge is -2.15. The summed E-state index contributed by atoms with van der Waals surface area (Å²) >= 11 is 10.3. The minimum absolute atomic E-state index is 0.0344. The first kappa shape index (κ1) is 25.0. The van der Waals surface area contributed by atoms with Crippen molar-refractivity contribution < 1.29 is 14.3 Å². The number of halogens is 3. The monoisotopic (exact) mass is 632 g/mol. The van der Waals surface area contributed by atoms with E-state index in [1.54, 1.807) is 30.3 Å². The lowest BCUT2D eigenvalue weighted by Crippen LogP contribution is -2.13. The number of benzene rings is 3. The lowest BCUT2D eigenvalue weighted by atomic mass is 10.1. The number of nitriles is 1. The van der Waals surface area contributed by atoms with E-state index in [-0.39, 0.29) is 5.57 Å². The Labute approximate surface area is 217 Å². The van der Waals surface area contributed by atoms with Gasteiger partial charge in [0.2, 0.25) is 0 Å². The molecule has 0 aliphatic rings. The molecule has 0 fully saturated rings. The molecule has 3 aromatic rings. The van der Waals surface area contributed by atoms with Gasteiger partial charge in [0.15, 0.2) is 11.5 Å². The summed E-state index contributed by atoms with van der Waals surface area (Å²) in [6.45, 7) is 2.67. The topological polar surface area (TPSA) is 71.3 Å². The molecule has 0 saturated carbocycles. The first-order valence-electron chi connectivity index (χ1n) is 9.92. The Hall–Kier alpha value is -2.60. The van der Waals surface area contributed by atoms with Gasteiger partial charge in [-0.25, -0.2) is 0 Å². The number of hydrogen-bond donors (Lipinski definition) is 1. The van der Waals surface area contributed by atoms with Gasteiger partial charge in [-0.05, 0) is 82.5 Å². The molecule has 0 aromatic heterocycles. The summed E-state index contributed by atoms with van der Waals surface area (Å²) < 4.78 is 14.3. The molecule has 0 bridgehead atoms. The summed E-state index contributed by atoms with van der Waals surface area (Å²) in [6.07, 6.45) is 1.51. The maximum atomic E-state index is 12.6. The number of carbonyl (C=O) groups excluding carboxylic acids is 1. The van der Waals surface area contributed by atoms with E-state index in [0.29, 0.717) is 40.4 Å². The van der Waals surface area contributed by atoms with Gasteiger partial charge in [0, 0.05) is 14.6 Å². The SMILES string of the molecule is CCOc1cc(/C=C(/C#N)C(=O)Nc2cccc(Br)c2)cc(Br)c1OCc1ccc(Br)cc1. The number of carbonyl (C=O) groups is 1. The van der Waals surface area contributed by atoms with E-state index in [9.17, 15) is 10.1 Å². The summed E-state index contributed by atoms with van der Waals surface area (Å²) in [5.41, 5.74) is 2.19. The van der Waals surface area contributed by atoms with Crippen LogP contribution in [0.2, 0.25) is 0 Å². The van der Waals surface area contributed by atoms with Crippen molar-refractivity contribution in [2.45, 2.75) is 13.5 Å². The third kappa shape index (κ3) is 7.19. The second-order valence-electron chi connectivity index (χ2n) is 6.81. The van der Waals surface area contributed by atoms with Crippen molar-refractivity contribution in [2.75, 3.05) is 11.9 Å². The minimum Gasteiger partial charge on any atom is -0.490 e. The zero-order valence-electron chi connectivity index (χ0n) is 17.6. The molecule has 1 N–H and O–H groups in total. The fraction of sp³-hybridized carbons (Fsp3) is 0.120. The van der Waals surface area contributed by atoms with E-state index >= 15 is 0 Å². The van der Waals surface area contributed by atoms with Crippen LogP contribution in [0.25, 0.3) is 6.08 Å². The summed E-state index contributed by atoms with van der Waals surface area (Å²) in [4.78, 5) is 12.6. The fourth-order valence-corrected chi connectivity index (χ4v) is 4.13.